The van der Waals surface area contributed by atoms with Crippen molar-refractivity contribution in [1.29, 1.82) is 0 Å². The Balaban J connectivity index is 0.00000574. The molecule has 73 heavy (non-hydrogen) atoms. The summed E-state index contributed by atoms with van der Waals surface area (Å²) < 4.78 is 11.3. The van der Waals surface area contributed by atoms with Crippen LogP contribution in [0.2, 0.25) is 0 Å². The molecule has 0 unspecified atom stereocenters. The van der Waals surface area contributed by atoms with Crippen LogP contribution in [0.15, 0.2) is 189 Å². The number of rotatable bonds is 11. The maximum absolute atomic E-state index is 13.3. The third kappa shape index (κ3) is 9.42. The molecule has 0 bridgehead atoms. The Morgan fingerprint density at radius 3 is 1.58 bits per heavy atom. The number of nitrogens with zero attached hydrogens (tertiary/aromatic N) is 5. The first-order chi connectivity index (χ1) is 35.3. The molecule has 10 heteroatoms. The van der Waals surface area contributed by atoms with E-state index in [2.05, 4.69) is 125 Å². The molecular formula is C63H42IrN5O4. The molecule has 0 aliphatic rings. The molecule has 9 nitrogen and oxygen atoms in total. The van der Waals surface area contributed by atoms with E-state index in [1.54, 1.807) is 12.1 Å². The smallest absolute Gasteiger partial charge is 0.453 e. The second kappa shape index (κ2) is 19.9. The Kier molecular flexibility index (Phi) is 12.8. The van der Waals surface area contributed by atoms with Crippen LogP contribution in [-0.4, -0.2) is 24.9 Å². The molecule has 12 aromatic rings. The molecule has 0 aliphatic carbocycles. The minimum atomic E-state index is -0.478. The van der Waals surface area contributed by atoms with E-state index in [0.717, 1.165) is 78.0 Å². The van der Waals surface area contributed by atoms with Crippen LogP contribution in [0.4, 0.5) is 0 Å². The molecule has 352 valence electrons. The summed E-state index contributed by atoms with van der Waals surface area (Å²) in [5.41, 5.74) is 16.3. The quantitative estimate of drug-likeness (QED) is 0.0919. The van der Waals surface area contributed by atoms with Crippen molar-refractivity contribution in [2.75, 3.05) is 0 Å². The van der Waals surface area contributed by atoms with Crippen molar-refractivity contribution in [1.82, 2.24) is 24.9 Å². The van der Waals surface area contributed by atoms with E-state index in [1.807, 2.05) is 74.9 Å². The molecular weight excluding hydrogens is 1080 g/mol. The Morgan fingerprint density at radius 1 is 0.452 bits per heavy atom. The van der Waals surface area contributed by atoms with Gasteiger partial charge in [0.1, 0.15) is 11.4 Å². The molecule has 7 heterocycles. The number of hydrogen-bond acceptors (Lipinski definition) is 9. The van der Waals surface area contributed by atoms with E-state index < -0.39 is 11.3 Å². The SMILES string of the molecule is Cc1c[c-]c2c(n1)oc(=O)c1cc(CCc3cc(CCc4cnc5c(c4)c(=O)oc4nc(C)c[c-]c45)cc(-c4ccccc4-c4cnc(-c5[c-]cccc5)cc4-c4ccc(-c5ccccc5)cc4)c3)cnc12.[Ir+3]. The fourth-order valence-corrected chi connectivity index (χ4v) is 9.58. The minimum absolute atomic E-state index is 0. The van der Waals surface area contributed by atoms with Gasteiger partial charge in [-0.15, -0.1) is 60.2 Å². The van der Waals surface area contributed by atoms with Gasteiger partial charge in [0, 0.05) is 46.0 Å². The van der Waals surface area contributed by atoms with E-state index in [4.69, 9.17) is 23.8 Å². The zero-order valence-corrected chi connectivity index (χ0v) is 42.1. The molecule has 5 aromatic carbocycles. The van der Waals surface area contributed by atoms with Crippen LogP contribution in [0.3, 0.4) is 0 Å². The van der Waals surface area contributed by atoms with Crippen LogP contribution in [0.25, 0.3) is 99.8 Å². The van der Waals surface area contributed by atoms with Gasteiger partial charge in [0.2, 0.25) is 0 Å². The van der Waals surface area contributed by atoms with E-state index in [9.17, 15) is 9.59 Å². The predicted molar refractivity (Wildman–Crippen MR) is 283 cm³/mol. The predicted octanol–water partition coefficient (Wildman–Crippen LogP) is 13.1. The third-order valence-corrected chi connectivity index (χ3v) is 13.2. The Hall–Kier alpha value is -8.56. The van der Waals surface area contributed by atoms with Gasteiger partial charge in [0.15, 0.2) is 0 Å². The molecule has 0 N–H and O–H groups in total. The van der Waals surface area contributed by atoms with Crippen LogP contribution in [0.1, 0.15) is 33.6 Å². The maximum atomic E-state index is 13.3. The molecule has 0 aliphatic heterocycles. The molecule has 0 radical (unpaired) electrons. The summed E-state index contributed by atoms with van der Waals surface area (Å²) in [6.45, 7) is 3.66. The zero-order valence-electron chi connectivity index (χ0n) is 39.7. The van der Waals surface area contributed by atoms with Gasteiger partial charge >= 0.3 is 31.4 Å². The fourth-order valence-electron chi connectivity index (χ4n) is 9.58. The summed E-state index contributed by atoms with van der Waals surface area (Å²) in [5, 5.41) is 1.95. The minimum Gasteiger partial charge on any atom is -0.453 e. The average Bonchev–Trinajstić information content (AvgIpc) is 3.42. The first-order valence-corrected chi connectivity index (χ1v) is 23.9. The van der Waals surface area contributed by atoms with Gasteiger partial charge < -0.3 is 33.8 Å². The Labute approximate surface area is 433 Å². The summed E-state index contributed by atoms with van der Waals surface area (Å²) in [5.74, 6) is 0. The van der Waals surface area contributed by atoms with E-state index in [-0.39, 0.29) is 31.5 Å². The van der Waals surface area contributed by atoms with Crippen molar-refractivity contribution < 1.29 is 28.9 Å². The van der Waals surface area contributed by atoms with Crippen molar-refractivity contribution in [2.45, 2.75) is 39.5 Å². The van der Waals surface area contributed by atoms with Crippen LogP contribution in [0.5, 0.6) is 0 Å². The third-order valence-electron chi connectivity index (χ3n) is 13.2. The topological polar surface area (TPSA) is 125 Å². The number of benzene rings is 5. The second-order valence-electron chi connectivity index (χ2n) is 18.1. The molecule has 0 atom stereocenters. The molecule has 0 amide bonds. The molecule has 0 saturated heterocycles. The van der Waals surface area contributed by atoms with Crippen LogP contribution in [-0.2, 0) is 45.8 Å². The number of pyridine rings is 5. The number of aromatic nitrogens is 5. The van der Waals surface area contributed by atoms with Crippen molar-refractivity contribution in [3.05, 3.63) is 243 Å². The summed E-state index contributed by atoms with van der Waals surface area (Å²) in [7, 11) is 0. The number of hydrogen-bond donors (Lipinski definition) is 0. The van der Waals surface area contributed by atoms with Crippen molar-refractivity contribution in [2.24, 2.45) is 0 Å². The van der Waals surface area contributed by atoms with E-state index in [1.165, 1.54) is 0 Å². The van der Waals surface area contributed by atoms with Gasteiger partial charge in [-0.3, -0.25) is 0 Å². The zero-order chi connectivity index (χ0) is 48.7. The van der Waals surface area contributed by atoms with Crippen molar-refractivity contribution >= 4 is 44.0 Å². The van der Waals surface area contributed by atoms with E-state index in [0.29, 0.717) is 69.6 Å². The fraction of sp³-hybridized carbons (Fsp3) is 0.0952. The molecule has 0 saturated carbocycles. The molecule has 0 fully saturated rings. The molecule has 12 rings (SSSR count). The largest absolute Gasteiger partial charge is 3.00 e. The van der Waals surface area contributed by atoms with E-state index >= 15 is 0 Å². The first-order valence-electron chi connectivity index (χ1n) is 23.9. The van der Waals surface area contributed by atoms with Gasteiger partial charge in [-0.2, -0.15) is 0 Å². The Morgan fingerprint density at radius 2 is 0.986 bits per heavy atom. The van der Waals surface area contributed by atoms with Crippen molar-refractivity contribution in [3.63, 3.8) is 0 Å². The Bertz CT molecular complexity index is 4020. The molecule has 7 aromatic heterocycles. The van der Waals surface area contributed by atoms with Gasteiger partial charge in [-0.05, 0) is 104 Å². The monoisotopic (exact) mass is 1130 g/mol. The van der Waals surface area contributed by atoms with Crippen LogP contribution >= 0.6 is 0 Å². The maximum Gasteiger partial charge on any atom is 3.00 e. The standard InChI is InChI=1S/C63H42N5O4.Ir/c1-38-17-27-51-58-54(62(69)71-60(51)67-38)32-42(35-65-58)21-19-40-29-41(20-22-43-33-55-59(66-36-43)52-28-18-39(2)68-61(52)72-63(55)70)31-48(30-40)49-15-9-10-16-50(49)56-37-64-57(47-13-7-4-8-14-47)34-53(56)46-25-23-45(24-26-46)44-11-5-3-6-12-44;/h3-13,15-18,23-26,29-37H,19-22H2,1-2H3;/q-3;+3. The second-order valence-corrected chi connectivity index (χ2v) is 18.1. The number of aryl methyl sites for hydroxylation is 6. The normalized spacial score (nSPS) is 11.4. The molecule has 0 spiro atoms. The summed E-state index contributed by atoms with van der Waals surface area (Å²) >= 11 is 0. The van der Waals surface area contributed by atoms with Gasteiger partial charge in [-0.1, -0.05) is 140 Å². The van der Waals surface area contributed by atoms with Gasteiger partial charge in [0.05, 0.1) is 0 Å². The van der Waals surface area contributed by atoms with Crippen LogP contribution < -0.4 is 11.3 Å². The van der Waals surface area contributed by atoms with Crippen molar-refractivity contribution in [3.8, 4) is 55.8 Å². The first kappa shape index (κ1) is 46.8. The summed E-state index contributed by atoms with van der Waals surface area (Å²) in [6, 6.07) is 61.6. The van der Waals surface area contributed by atoms with Gasteiger partial charge in [-0.25, -0.2) is 9.59 Å². The summed E-state index contributed by atoms with van der Waals surface area (Å²) in [6.07, 6.45) is 8.22. The summed E-state index contributed by atoms with van der Waals surface area (Å²) in [4.78, 5) is 49.9. The van der Waals surface area contributed by atoms with Gasteiger partial charge in [0.25, 0.3) is 0 Å². The average molecular weight is 1130 g/mol. The van der Waals surface area contributed by atoms with Crippen LogP contribution in [0, 0.1) is 32.0 Å². The number of fused-ring (bicyclic) bond motifs is 6.